The van der Waals surface area contributed by atoms with Gasteiger partial charge in [0.2, 0.25) is 4.96 Å². The molecule has 0 N–H and O–H groups in total. The van der Waals surface area contributed by atoms with Crippen molar-refractivity contribution in [1.29, 1.82) is 0 Å². The third-order valence-corrected chi connectivity index (χ3v) is 5.49. The minimum Gasteiger partial charge on any atom is -0.497 e. The van der Waals surface area contributed by atoms with Crippen molar-refractivity contribution in [3.63, 3.8) is 0 Å². The summed E-state index contributed by atoms with van der Waals surface area (Å²) >= 11 is 1.60. The molecule has 128 valence electrons. The number of rotatable bonds is 3. The summed E-state index contributed by atoms with van der Waals surface area (Å²) in [7, 11) is 3.73. The molecule has 0 unspecified atom stereocenters. The first-order valence-electron chi connectivity index (χ1n) is 8.28. The van der Waals surface area contributed by atoms with Crippen molar-refractivity contribution < 1.29 is 4.74 Å². The van der Waals surface area contributed by atoms with E-state index in [9.17, 15) is 0 Å². The normalized spacial score (nSPS) is 11.5. The van der Waals surface area contributed by atoms with Gasteiger partial charge in [0, 0.05) is 35.3 Å². The summed E-state index contributed by atoms with van der Waals surface area (Å²) in [6.45, 7) is 0. The van der Waals surface area contributed by atoms with Gasteiger partial charge in [-0.1, -0.05) is 41.7 Å². The number of aryl methyl sites for hydroxylation is 1. The van der Waals surface area contributed by atoms with Crippen LogP contribution in [-0.2, 0) is 7.05 Å². The summed E-state index contributed by atoms with van der Waals surface area (Å²) in [5.41, 5.74) is 4.26. The van der Waals surface area contributed by atoms with Crippen molar-refractivity contribution in [2.75, 3.05) is 7.11 Å². The highest BCUT2D eigenvalue weighted by Crippen LogP contribution is 2.34. The lowest BCUT2D eigenvalue weighted by Crippen LogP contribution is -1.84. The molecule has 5 rings (SSSR count). The second kappa shape index (κ2) is 5.71. The van der Waals surface area contributed by atoms with Crippen molar-refractivity contribution >= 4 is 27.2 Å². The zero-order chi connectivity index (χ0) is 17.7. The molecule has 5 nitrogen and oxygen atoms in total. The molecule has 0 aliphatic heterocycles. The van der Waals surface area contributed by atoms with Gasteiger partial charge in [0.05, 0.1) is 19.0 Å². The Morgan fingerprint density at radius 1 is 1.04 bits per heavy atom. The number of methoxy groups -OCH3 is 1. The molecular formula is C20H16N4OS. The van der Waals surface area contributed by atoms with Gasteiger partial charge in [0.1, 0.15) is 10.8 Å². The number of hydrogen-bond acceptors (Lipinski definition) is 4. The largest absolute Gasteiger partial charge is 0.497 e. The zero-order valence-electron chi connectivity index (χ0n) is 14.4. The Kier molecular flexibility index (Phi) is 3.33. The summed E-state index contributed by atoms with van der Waals surface area (Å²) < 4.78 is 9.30. The molecule has 0 aliphatic carbocycles. The molecule has 3 heterocycles. The van der Waals surface area contributed by atoms with Crippen LogP contribution >= 0.6 is 11.3 Å². The third-order valence-electron chi connectivity index (χ3n) is 4.54. The molecule has 0 fully saturated rings. The molecule has 0 spiro atoms. The van der Waals surface area contributed by atoms with Crippen LogP contribution in [0.1, 0.15) is 0 Å². The minimum absolute atomic E-state index is 0.822. The highest BCUT2D eigenvalue weighted by Gasteiger charge is 2.15. The Balaban J connectivity index is 1.60. The Morgan fingerprint density at radius 3 is 2.77 bits per heavy atom. The topological polar surface area (TPSA) is 44.4 Å². The van der Waals surface area contributed by atoms with Crippen molar-refractivity contribution in [3.05, 3.63) is 60.9 Å². The monoisotopic (exact) mass is 360 g/mol. The maximum Gasteiger partial charge on any atom is 0.213 e. The predicted octanol–water partition coefficient (Wildman–Crippen LogP) is 4.63. The fraction of sp³-hybridized carbons (Fsp3) is 0.100. The van der Waals surface area contributed by atoms with Crippen molar-refractivity contribution in [2.24, 2.45) is 7.05 Å². The number of benzene rings is 2. The zero-order valence-corrected chi connectivity index (χ0v) is 15.2. The van der Waals surface area contributed by atoms with E-state index in [1.54, 1.807) is 18.4 Å². The highest BCUT2D eigenvalue weighted by molar-refractivity contribution is 7.20. The maximum absolute atomic E-state index is 5.30. The van der Waals surface area contributed by atoms with Crippen molar-refractivity contribution in [3.8, 4) is 27.6 Å². The van der Waals surface area contributed by atoms with Gasteiger partial charge in [0.15, 0.2) is 0 Å². The average Bonchev–Trinajstić information content (AvgIpc) is 3.33. The number of ether oxygens (including phenoxy) is 1. The van der Waals surface area contributed by atoms with Crippen molar-refractivity contribution in [1.82, 2.24) is 19.2 Å². The van der Waals surface area contributed by atoms with E-state index in [0.29, 0.717) is 0 Å². The molecular weight excluding hydrogens is 344 g/mol. The Bertz CT molecular complexity index is 1220. The lowest BCUT2D eigenvalue weighted by molar-refractivity contribution is 0.415. The first kappa shape index (κ1) is 15.2. The third kappa shape index (κ3) is 2.30. The maximum atomic E-state index is 5.30. The molecule has 0 aliphatic rings. The molecule has 3 aromatic heterocycles. The first-order valence-corrected chi connectivity index (χ1v) is 9.09. The van der Waals surface area contributed by atoms with Crippen LogP contribution in [0.15, 0.2) is 60.9 Å². The van der Waals surface area contributed by atoms with Gasteiger partial charge in [-0.25, -0.2) is 9.50 Å². The molecule has 0 radical (unpaired) electrons. The lowest BCUT2D eigenvalue weighted by atomic mass is 10.1. The second-order valence-corrected chi connectivity index (χ2v) is 7.12. The second-order valence-electron chi connectivity index (χ2n) is 6.16. The van der Waals surface area contributed by atoms with Crippen LogP contribution in [0, 0.1) is 0 Å². The van der Waals surface area contributed by atoms with E-state index < -0.39 is 0 Å². The van der Waals surface area contributed by atoms with E-state index >= 15 is 0 Å². The number of para-hydroxylation sites is 1. The fourth-order valence-corrected chi connectivity index (χ4v) is 4.15. The van der Waals surface area contributed by atoms with E-state index in [1.807, 2.05) is 35.0 Å². The van der Waals surface area contributed by atoms with Gasteiger partial charge in [-0.3, -0.25) is 0 Å². The van der Waals surface area contributed by atoms with Gasteiger partial charge in [0.25, 0.3) is 0 Å². The van der Waals surface area contributed by atoms with Gasteiger partial charge >= 0.3 is 0 Å². The van der Waals surface area contributed by atoms with E-state index in [-0.39, 0.29) is 0 Å². The van der Waals surface area contributed by atoms with E-state index in [2.05, 4.69) is 42.1 Å². The highest BCUT2D eigenvalue weighted by atomic mass is 32.1. The van der Waals surface area contributed by atoms with E-state index in [4.69, 9.17) is 14.8 Å². The molecule has 5 aromatic rings. The molecule has 6 heteroatoms. The summed E-state index contributed by atoms with van der Waals surface area (Å²) in [6.07, 6.45) is 4.10. The average molecular weight is 360 g/mol. The number of aromatic nitrogens is 4. The molecule has 0 atom stereocenters. The van der Waals surface area contributed by atoms with Crippen LogP contribution in [0.25, 0.3) is 37.7 Å². The van der Waals surface area contributed by atoms with Crippen LogP contribution in [-0.4, -0.2) is 26.3 Å². The summed E-state index contributed by atoms with van der Waals surface area (Å²) in [5.74, 6) is 0.822. The Hall–Kier alpha value is -3.12. The van der Waals surface area contributed by atoms with Crippen LogP contribution < -0.4 is 4.74 Å². The summed E-state index contributed by atoms with van der Waals surface area (Å²) in [5, 5.41) is 6.95. The molecule has 0 saturated heterocycles. The number of hydrogen-bond donors (Lipinski definition) is 0. The van der Waals surface area contributed by atoms with Crippen LogP contribution in [0.4, 0.5) is 0 Å². The molecule has 26 heavy (non-hydrogen) atoms. The van der Waals surface area contributed by atoms with E-state index in [1.165, 1.54) is 10.9 Å². The molecule has 0 amide bonds. The lowest BCUT2D eigenvalue weighted by Gasteiger charge is -2.01. The van der Waals surface area contributed by atoms with Gasteiger partial charge in [-0.05, 0) is 18.2 Å². The van der Waals surface area contributed by atoms with Crippen molar-refractivity contribution in [2.45, 2.75) is 0 Å². The SMILES string of the molecule is COc1cccc(-c2cn3nc(-c4cn(C)c5ccccc45)sc3n2)c1. The molecule has 0 saturated carbocycles. The van der Waals surface area contributed by atoms with Crippen LogP contribution in [0.5, 0.6) is 5.75 Å². The van der Waals surface area contributed by atoms with Crippen LogP contribution in [0.2, 0.25) is 0 Å². The number of nitrogens with zero attached hydrogens (tertiary/aromatic N) is 4. The number of fused-ring (bicyclic) bond motifs is 2. The quantitative estimate of drug-likeness (QED) is 0.471. The summed E-state index contributed by atoms with van der Waals surface area (Å²) in [6, 6.07) is 16.3. The van der Waals surface area contributed by atoms with Gasteiger partial charge in [-0.15, -0.1) is 0 Å². The molecule has 2 aromatic carbocycles. The number of imidazole rings is 1. The minimum atomic E-state index is 0.822. The standard InChI is InChI=1S/C20H16N4OS/c1-23-11-16(15-8-3-4-9-18(15)23)19-22-24-12-17(21-20(24)26-19)13-6-5-7-14(10-13)25-2/h3-12H,1-2H3. The first-order chi connectivity index (χ1) is 12.7. The predicted molar refractivity (Wildman–Crippen MR) is 105 cm³/mol. The molecule has 0 bridgehead atoms. The van der Waals surface area contributed by atoms with Gasteiger partial charge < -0.3 is 9.30 Å². The van der Waals surface area contributed by atoms with E-state index in [0.717, 1.165) is 32.5 Å². The summed E-state index contributed by atoms with van der Waals surface area (Å²) in [4.78, 5) is 5.63. The smallest absolute Gasteiger partial charge is 0.213 e. The Labute approximate surface area is 154 Å². The van der Waals surface area contributed by atoms with Crippen LogP contribution in [0.3, 0.4) is 0 Å². The fourth-order valence-electron chi connectivity index (χ4n) is 3.24. The van der Waals surface area contributed by atoms with Gasteiger partial charge in [-0.2, -0.15) is 5.10 Å². The Morgan fingerprint density at radius 2 is 1.92 bits per heavy atom.